The van der Waals surface area contributed by atoms with E-state index >= 15 is 0 Å². The lowest BCUT2D eigenvalue weighted by atomic mass is 10.4. The van der Waals surface area contributed by atoms with Crippen LogP contribution in [0.25, 0.3) is 0 Å². The van der Waals surface area contributed by atoms with Crippen LogP contribution in [0.15, 0.2) is 24.5 Å². The van der Waals surface area contributed by atoms with Gasteiger partial charge in [-0.3, -0.25) is 0 Å². The highest BCUT2D eigenvalue weighted by Crippen LogP contribution is 2.01. The number of aliphatic hydroxyl groups excluding tert-OH is 1. The summed E-state index contributed by atoms with van der Waals surface area (Å²) in [6.07, 6.45) is -0.308. The van der Waals surface area contributed by atoms with Crippen LogP contribution >= 0.6 is 11.6 Å². The zero-order chi connectivity index (χ0) is 8.15. The summed E-state index contributed by atoms with van der Waals surface area (Å²) < 4.78 is 4.21. The maximum Gasteiger partial charge on any atom is 0.345 e. The van der Waals surface area contributed by atoms with Gasteiger partial charge in [0.2, 0.25) is 0 Å². The molecule has 0 aromatic heterocycles. The zero-order valence-corrected chi connectivity index (χ0v) is 5.97. The molecule has 3 nitrogen and oxygen atoms in total. The fourth-order valence-electron chi connectivity index (χ4n) is 0.266. The first-order chi connectivity index (χ1) is 4.57. The average Bonchev–Trinajstić information content (AvgIpc) is 1.85. The topological polar surface area (TPSA) is 46.5 Å². The second-order valence-corrected chi connectivity index (χ2v) is 1.88. The van der Waals surface area contributed by atoms with Crippen molar-refractivity contribution in [2.45, 2.75) is 6.10 Å². The maximum atomic E-state index is 10.5. The zero-order valence-electron chi connectivity index (χ0n) is 5.21. The smallest absolute Gasteiger partial charge is 0.345 e. The van der Waals surface area contributed by atoms with Crippen LogP contribution in [0.4, 0.5) is 0 Å². The summed E-state index contributed by atoms with van der Waals surface area (Å²) in [5.74, 6) is -0.880. The first-order valence-electron chi connectivity index (χ1n) is 2.44. The Hall–Kier alpha value is -0.800. The van der Waals surface area contributed by atoms with Crippen molar-refractivity contribution >= 4 is 17.6 Å². The standard InChI is InChI=1S/C6H7ClO3/c1-3-5(8)6(9)10-4(2)7/h3,5,8H,1-2H2. The van der Waals surface area contributed by atoms with Crippen LogP contribution in [0.1, 0.15) is 0 Å². The molecule has 0 amide bonds. The summed E-state index contributed by atoms with van der Waals surface area (Å²) in [6, 6.07) is 0. The van der Waals surface area contributed by atoms with Crippen molar-refractivity contribution in [3.8, 4) is 0 Å². The molecular weight excluding hydrogens is 156 g/mol. The molecular formula is C6H7ClO3. The first-order valence-corrected chi connectivity index (χ1v) is 2.82. The van der Waals surface area contributed by atoms with E-state index in [0.29, 0.717) is 0 Å². The van der Waals surface area contributed by atoms with Crippen molar-refractivity contribution in [3.05, 3.63) is 24.5 Å². The highest BCUT2D eigenvalue weighted by molar-refractivity contribution is 6.28. The number of hydrogen-bond donors (Lipinski definition) is 1. The van der Waals surface area contributed by atoms with Gasteiger partial charge in [0, 0.05) is 0 Å². The van der Waals surface area contributed by atoms with Gasteiger partial charge in [-0.15, -0.1) is 0 Å². The molecule has 0 radical (unpaired) electrons. The summed E-state index contributed by atoms with van der Waals surface area (Å²) in [6.45, 7) is 6.25. The molecule has 1 unspecified atom stereocenters. The van der Waals surface area contributed by atoms with Crippen molar-refractivity contribution in [1.82, 2.24) is 0 Å². The first kappa shape index (κ1) is 9.20. The van der Waals surface area contributed by atoms with Gasteiger partial charge < -0.3 is 9.84 Å². The Bertz CT molecular complexity index is 164. The van der Waals surface area contributed by atoms with Crippen LogP contribution in [0.2, 0.25) is 0 Å². The SMILES string of the molecule is C=CC(O)C(=O)OC(=C)Cl. The average molecular weight is 163 g/mol. The molecule has 0 aliphatic carbocycles. The fraction of sp³-hybridized carbons (Fsp3) is 0.167. The lowest BCUT2D eigenvalue weighted by Crippen LogP contribution is -2.18. The molecule has 0 heterocycles. The minimum Gasteiger partial charge on any atom is -0.413 e. The molecule has 0 rings (SSSR count). The van der Waals surface area contributed by atoms with E-state index < -0.39 is 12.1 Å². The molecule has 0 aromatic rings. The number of aliphatic hydroxyl groups is 1. The monoisotopic (exact) mass is 162 g/mol. The number of rotatable bonds is 3. The molecule has 0 bridgehead atoms. The quantitative estimate of drug-likeness (QED) is 0.379. The van der Waals surface area contributed by atoms with Gasteiger partial charge in [-0.05, 0) is 18.2 Å². The number of esters is 1. The number of hydrogen-bond acceptors (Lipinski definition) is 3. The van der Waals surface area contributed by atoms with Gasteiger partial charge >= 0.3 is 5.97 Å². The normalized spacial score (nSPS) is 11.8. The lowest BCUT2D eigenvalue weighted by Gasteiger charge is -2.02. The van der Waals surface area contributed by atoms with Gasteiger partial charge in [-0.1, -0.05) is 12.7 Å². The Morgan fingerprint density at radius 3 is 2.60 bits per heavy atom. The Morgan fingerprint density at radius 2 is 2.30 bits per heavy atom. The lowest BCUT2D eigenvalue weighted by molar-refractivity contribution is -0.145. The van der Waals surface area contributed by atoms with Crippen molar-refractivity contribution in [2.24, 2.45) is 0 Å². The van der Waals surface area contributed by atoms with Crippen LogP contribution in [-0.2, 0) is 9.53 Å². The van der Waals surface area contributed by atoms with E-state index in [0.717, 1.165) is 6.08 Å². The van der Waals surface area contributed by atoms with Gasteiger partial charge in [-0.2, -0.15) is 0 Å². The maximum absolute atomic E-state index is 10.5. The van der Waals surface area contributed by atoms with Crippen molar-refractivity contribution in [3.63, 3.8) is 0 Å². The summed E-state index contributed by atoms with van der Waals surface area (Å²) in [4.78, 5) is 10.5. The van der Waals surface area contributed by atoms with Crippen LogP contribution in [-0.4, -0.2) is 17.2 Å². The molecule has 0 aliphatic heterocycles. The Labute approximate surface area is 63.6 Å². The molecule has 0 fully saturated rings. The Kier molecular flexibility index (Phi) is 3.76. The minimum atomic E-state index is -1.34. The summed E-state index contributed by atoms with van der Waals surface area (Å²) in [7, 11) is 0. The second-order valence-electron chi connectivity index (χ2n) is 1.46. The number of carbonyl (C=O) groups is 1. The molecule has 4 heteroatoms. The fourth-order valence-corrected chi connectivity index (χ4v) is 0.342. The van der Waals surface area contributed by atoms with E-state index in [4.69, 9.17) is 16.7 Å². The molecule has 0 saturated heterocycles. The summed E-state index contributed by atoms with van der Waals surface area (Å²) in [5.41, 5.74) is 0. The van der Waals surface area contributed by atoms with Crippen LogP contribution < -0.4 is 0 Å². The molecule has 0 aromatic carbocycles. The van der Waals surface area contributed by atoms with Crippen molar-refractivity contribution in [1.29, 1.82) is 0 Å². The van der Waals surface area contributed by atoms with Crippen molar-refractivity contribution < 1.29 is 14.6 Å². The second kappa shape index (κ2) is 4.09. The summed E-state index contributed by atoms with van der Waals surface area (Å²) in [5, 5.41) is 8.41. The van der Waals surface area contributed by atoms with E-state index in [1.165, 1.54) is 0 Å². The van der Waals surface area contributed by atoms with Crippen molar-refractivity contribution in [2.75, 3.05) is 0 Å². The number of halogens is 1. The summed E-state index contributed by atoms with van der Waals surface area (Å²) >= 11 is 5.09. The van der Waals surface area contributed by atoms with E-state index in [2.05, 4.69) is 17.9 Å². The van der Waals surface area contributed by atoms with Gasteiger partial charge in [0.25, 0.3) is 0 Å². The molecule has 0 saturated carbocycles. The van der Waals surface area contributed by atoms with E-state index in [-0.39, 0.29) is 5.22 Å². The van der Waals surface area contributed by atoms with Gasteiger partial charge in [0.1, 0.15) is 0 Å². The third-order valence-electron chi connectivity index (χ3n) is 0.676. The third-order valence-corrected chi connectivity index (χ3v) is 0.753. The van der Waals surface area contributed by atoms with Gasteiger partial charge in [0.05, 0.1) is 0 Å². The molecule has 10 heavy (non-hydrogen) atoms. The largest absolute Gasteiger partial charge is 0.413 e. The number of ether oxygens (including phenoxy) is 1. The molecule has 0 spiro atoms. The Balaban J connectivity index is 3.84. The van der Waals surface area contributed by atoms with Crippen LogP contribution in [0.5, 0.6) is 0 Å². The molecule has 56 valence electrons. The molecule has 1 N–H and O–H groups in total. The molecule has 0 aliphatic rings. The van der Waals surface area contributed by atoms with E-state index in [1.807, 2.05) is 0 Å². The van der Waals surface area contributed by atoms with E-state index in [9.17, 15) is 4.79 Å². The highest BCUT2D eigenvalue weighted by atomic mass is 35.5. The minimum absolute atomic E-state index is 0.272. The van der Waals surface area contributed by atoms with E-state index in [1.54, 1.807) is 0 Å². The number of carbonyl (C=O) groups excluding carboxylic acids is 1. The van der Waals surface area contributed by atoms with Crippen LogP contribution in [0, 0.1) is 0 Å². The third kappa shape index (κ3) is 3.27. The predicted molar refractivity (Wildman–Crippen MR) is 37.3 cm³/mol. The highest BCUT2D eigenvalue weighted by Gasteiger charge is 2.12. The van der Waals surface area contributed by atoms with Gasteiger partial charge in [0.15, 0.2) is 11.3 Å². The van der Waals surface area contributed by atoms with Crippen LogP contribution in [0.3, 0.4) is 0 Å². The predicted octanol–water partition coefficient (Wildman–Crippen LogP) is 0.786. The molecule has 1 atom stereocenters. The Morgan fingerprint density at radius 1 is 1.80 bits per heavy atom. The van der Waals surface area contributed by atoms with Gasteiger partial charge in [-0.25, -0.2) is 4.79 Å².